The molecule has 0 bridgehead atoms. The Balaban J connectivity index is 2.23. The zero-order valence-electron chi connectivity index (χ0n) is 11.6. The van der Waals surface area contributed by atoms with E-state index in [2.05, 4.69) is 47.7 Å². The number of rotatable bonds is 6. The molecule has 19 heavy (non-hydrogen) atoms. The molecule has 0 radical (unpaired) electrons. The topological polar surface area (TPSA) is 34.2 Å². The van der Waals surface area contributed by atoms with Gasteiger partial charge in [0.25, 0.3) is 0 Å². The molecule has 2 rings (SSSR count). The van der Waals surface area contributed by atoms with Crippen molar-refractivity contribution >= 4 is 28.1 Å². The molecule has 1 aromatic carbocycles. The second-order valence-corrected chi connectivity index (χ2v) is 5.11. The third-order valence-electron chi connectivity index (χ3n) is 3.61. The standard InChI is InChI=1S/C15H21N3S/c1-3-17(4-2)9-10-18-8-7-12-5-6-13(15(16)19)11-14(12)18/h5-8,11H,3-4,9-10H2,1-2H3,(H2,16,19). The van der Waals surface area contributed by atoms with Gasteiger partial charge in [-0.2, -0.15) is 0 Å². The average molecular weight is 275 g/mol. The van der Waals surface area contributed by atoms with E-state index in [1.165, 1.54) is 10.9 Å². The van der Waals surface area contributed by atoms with Gasteiger partial charge in [-0.3, -0.25) is 0 Å². The van der Waals surface area contributed by atoms with Gasteiger partial charge in [-0.1, -0.05) is 38.2 Å². The monoisotopic (exact) mass is 275 g/mol. The maximum absolute atomic E-state index is 5.70. The van der Waals surface area contributed by atoms with Crippen molar-refractivity contribution in [2.45, 2.75) is 20.4 Å². The van der Waals surface area contributed by atoms with Crippen LogP contribution in [0.2, 0.25) is 0 Å². The fourth-order valence-electron chi connectivity index (χ4n) is 2.32. The maximum Gasteiger partial charge on any atom is 0.104 e. The van der Waals surface area contributed by atoms with Crippen LogP contribution in [0.4, 0.5) is 0 Å². The van der Waals surface area contributed by atoms with E-state index in [-0.39, 0.29) is 0 Å². The van der Waals surface area contributed by atoms with Crippen molar-refractivity contribution in [3.05, 3.63) is 36.0 Å². The molecule has 0 atom stereocenters. The molecule has 0 unspecified atom stereocenters. The molecule has 3 nitrogen and oxygen atoms in total. The number of thiocarbonyl (C=S) groups is 1. The Morgan fingerprint density at radius 2 is 2.00 bits per heavy atom. The number of benzene rings is 1. The average Bonchev–Trinajstić information content (AvgIpc) is 2.82. The van der Waals surface area contributed by atoms with Crippen molar-refractivity contribution in [2.24, 2.45) is 5.73 Å². The van der Waals surface area contributed by atoms with Gasteiger partial charge in [-0.15, -0.1) is 0 Å². The molecule has 0 spiro atoms. The first-order valence-corrected chi connectivity index (χ1v) is 7.17. The normalized spacial score (nSPS) is 11.3. The summed E-state index contributed by atoms with van der Waals surface area (Å²) in [5, 5.41) is 1.24. The molecule has 0 aliphatic carbocycles. The highest BCUT2D eigenvalue weighted by Crippen LogP contribution is 2.18. The number of fused-ring (bicyclic) bond motifs is 1. The molecule has 0 aliphatic rings. The van der Waals surface area contributed by atoms with Gasteiger partial charge in [-0.25, -0.2) is 0 Å². The summed E-state index contributed by atoms with van der Waals surface area (Å²) in [4.78, 5) is 2.88. The van der Waals surface area contributed by atoms with Crippen LogP contribution in [0.5, 0.6) is 0 Å². The van der Waals surface area contributed by atoms with Gasteiger partial charge in [0.2, 0.25) is 0 Å². The summed E-state index contributed by atoms with van der Waals surface area (Å²) >= 11 is 5.05. The third-order valence-corrected chi connectivity index (χ3v) is 3.85. The molecule has 0 saturated carbocycles. The molecule has 4 heteroatoms. The Morgan fingerprint density at radius 1 is 1.26 bits per heavy atom. The lowest BCUT2D eigenvalue weighted by Crippen LogP contribution is -2.26. The SMILES string of the molecule is CCN(CC)CCn1ccc2ccc(C(N)=S)cc21. The molecule has 0 aliphatic heterocycles. The van der Waals surface area contributed by atoms with Gasteiger partial charge in [0.15, 0.2) is 0 Å². The molecule has 0 fully saturated rings. The number of hydrogen-bond donors (Lipinski definition) is 1. The molecular formula is C15H21N3S. The first-order valence-electron chi connectivity index (χ1n) is 6.76. The van der Waals surface area contributed by atoms with E-state index in [0.29, 0.717) is 4.99 Å². The van der Waals surface area contributed by atoms with Crippen LogP contribution in [0.25, 0.3) is 10.9 Å². The number of hydrogen-bond acceptors (Lipinski definition) is 2. The number of nitrogens with zero attached hydrogens (tertiary/aromatic N) is 2. The highest BCUT2D eigenvalue weighted by molar-refractivity contribution is 7.80. The Bertz CT molecular complexity index is 570. The highest BCUT2D eigenvalue weighted by atomic mass is 32.1. The van der Waals surface area contributed by atoms with Crippen LogP contribution >= 0.6 is 12.2 Å². The smallest absolute Gasteiger partial charge is 0.104 e. The Kier molecular flexibility index (Phi) is 4.56. The third kappa shape index (κ3) is 3.14. The quantitative estimate of drug-likeness (QED) is 0.823. The van der Waals surface area contributed by atoms with E-state index in [1.807, 2.05) is 6.07 Å². The van der Waals surface area contributed by atoms with Crippen LogP contribution < -0.4 is 5.73 Å². The largest absolute Gasteiger partial charge is 0.389 e. The fraction of sp³-hybridized carbons (Fsp3) is 0.400. The van der Waals surface area contributed by atoms with Crippen molar-refractivity contribution in [3.8, 4) is 0 Å². The van der Waals surface area contributed by atoms with Gasteiger partial charge < -0.3 is 15.2 Å². The lowest BCUT2D eigenvalue weighted by atomic mass is 10.1. The predicted octanol–water partition coefficient (Wildman–Crippen LogP) is 2.62. The van der Waals surface area contributed by atoms with Gasteiger partial charge in [0.05, 0.1) is 0 Å². The van der Waals surface area contributed by atoms with Crippen molar-refractivity contribution in [3.63, 3.8) is 0 Å². The van der Waals surface area contributed by atoms with Gasteiger partial charge in [-0.05, 0) is 30.6 Å². The van der Waals surface area contributed by atoms with Gasteiger partial charge in [0, 0.05) is 30.4 Å². The lowest BCUT2D eigenvalue weighted by molar-refractivity contribution is 0.292. The Labute approximate surface area is 120 Å². The van der Waals surface area contributed by atoms with E-state index >= 15 is 0 Å². The predicted molar refractivity (Wildman–Crippen MR) is 85.6 cm³/mol. The molecule has 0 amide bonds. The molecular weight excluding hydrogens is 254 g/mol. The van der Waals surface area contributed by atoms with Crippen LogP contribution in [-0.4, -0.2) is 34.1 Å². The molecule has 0 saturated heterocycles. The minimum Gasteiger partial charge on any atom is -0.389 e. The van der Waals surface area contributed by atoms with Crippen molar-refractivity contribution < 1.29 is 0 Å². The molecule has 2 aromatic rings. The van der Waals surface area contributed by atoms with E-state index < -0.39 is 0 Å². The molecule has 1 aromatic heterocycles. The van der Waals surface area contributed by atoms with E-state index in [9.17, 15) is 0 Å². The minimum absolute atomic E-state index is 0.457. The summed E-state index contributed by atoms with van der Waals surface area (Å²) in [7, 11) is 0. The minimum atomic E-state index is 0.457. The molecule has 2 N–H and O–H groups in total. The summed E-state index contributed by atoms with van der Waals surface area (Å²) in [6.45, 7) is 8.63. The first-order chi connectivity index (χ1) is 9.15. The van der Waals surface area contributed by atoms with Gasteiger partial charge >= 0.3 is 0 Å². The van der Waals surface area contributed by atoms with Crippen LogP contribution in [-0.2, 0) is 6.54 Å². The lowest BCUT2D eigenvalue weighted by Gasteiger charge is -2.18. The Morgan fingerprint density at radius 3 is 2.63 bits per heavy atom. The van der Waals surface area contributed by atoms with Gasteiger partial charge in [0.1, 0.15) is 4.99 Å². The summed E-state index contributed by atoms with van der Waals surface area (Å²) in [6, 6.07) is 8.29. The first kappa shape index (κ1) is 14.0. The van der Waals surface area contributed by atoms with E-state index in [4.69, 9.17) is 18.0 Å². The fourth-order valence-corrected chi connectivity index (χ4v) is 2.45. The summed E-state index contributed by atoms with van der Waals surface area (Å²) < 4.78 is 2.27. The second-order valence-electron chi connectivity index (χ2n) is 4.67. The van der Waals surface area contributed by atoms with Crippen LogP contribution in [0.15, 0.2) is 30.5 Å². The molecule has 1 heterocycles. The maximum atomic E-state index is 5.70. The Hall–Kier alpha value is -1.39. The number of nitrogens with two attached hydrogens (primary N) is 1. The van der Waals surface area contributed by atoms with Crippen LogP contribution in [0, 0.1) is 0 Å². The van der Waals surface area contributed by atoms with E-state index in [0.717, 1.165) is 31.7 Å². The van der Waals surface area contributed by atoms with E-state index in [1.54, 1.807) is 0 Å². The van der Waals surface area contributed by atoms with Crippen LogP contribution in [0.3, 0.4) is 0 Å². The zero-order valence-corrected chi connectivity index (χ0v) is 12.4. The molecule has 102 valence electrons. The van der Waals surface area contributed by atoms with Crippen molar-refractivity contribution in [1.29, 1.82) is 0 Å². The van der Waals surface area contributed by atoms with Crippen molar-refractivity contribution in [1.82, 2.24) is 9.47 Å². The number of aromatic nitrogens is 1. The zero-order chi connectivity index (χ0) is 13.8. The van der Waals surface area contributed by atoms with Crippen molar-refractivity contribution in [2.75, 3.05) is 19.6 Å². The highest BCUT2D eigenvalue weighted by Gasteiger charge is 2.05. The summed E-state index contributed by atoms with van der Waals surface area (Å²) in [6.07, 6.45) is 2.14. The summed E-state index contributed by atoms with van der Waals surface area (Å²) in [5.41, 5.74) is 7.84. The second kappa shape index (κ2) is 6.17. The number of likely N-dealkylation sites (N-methyl/N-ethyl adjacent to an activating group) is 1. The summed E-state index contributed by atoms with van der Waals surface area (Å²) in [5.74, 6) is 0. The van der Waals surface area contributed by atoms with Crippen LogP contribution in [0.1, 0.15) is 19.4 Å².